The summed E-state index contributed by atoms with van der Waals surface area (Å²) in [6, 6.07) is 29.1. The van der Waals surface area contributed by atoms with Gasteiger partial charge in [0.05, 0.1) is 5.52 Å². The zero-order chi connectivity index (χ0) is 19.6. The molecule has 0 spiro atoms. The summed E-state index contributed by atoms with van der Waals surface area (Å²) >= 11 is 0. The average molecular weight is 363 g/mol. The summed E-state index contributed by atoms with van der Waals surface area (Å²) in [6.07, 6.45) is 7.09. The van der Waals surface area contributed by atoms with Crippen molar-refractivity contribution in [2.45, 2.75) is 0 Å². The number of carbonyl (C=O) groups is 1. The van der Waals surface area contributed by atoms with E-state index < -0.39 is 0 Å². The van der Waals surface area contributed by atoms with Crippen LogP contribution >= 0.6 is 0 Å². The van der Waals surface area contributed by atoms with Crippen LogP contribution in [-0.4, -0.2) is 10.8 Å². The SMILES string of the molecule is C=Cc1ccnc2ccccc12.O=C(C=Cc1ccccc1)c1ccccc1. The molecule has 0 unspecified atom stereocenters. The highest BCUT2D eigenvalue weighted by molar-refractivity contribution is 6.06. The maximum atomic E-state index is 11.7. The summed E-state index contributed by atoms with van der Waals surface area (Å²) in [4.78, 5) is 16.0. The summed E-state index contributed by atoms with van der Waals surface area (Å²) in [5, 5.41) is 1.16. The van der Waals surface area contributed by atoms with E-state index in [1.807, 2.05) is 97.1 Å². The van der Waals surface area contributed by atoms with Crippen LogP contribution in [0.25, 0.3) is 23.1 Å². The van der Waals surface area contributed by atoms with Crippen molar-refractivity contribution in [2.75, 3.05) is 0 Å². The Bertz CT molecular complexity index is 1080. The minimum Gasteiger partial charge on any atom is -0.289 e. The third kappa shape index (κ3) is 5.12. The fraction of sp³-hybridized carbons (Fsp3) is 0. The lowest BCUT2D eigenvalue weighted by Gasteiger charge is -1.98. The van der Waals surface area contributed by atoms with Crippen molar-refractivity contribution in [3.8, 4) is 0 Å². The number of hydrogen-bond donors (Lipinski definition) is 0. The van der Waals surface area contributed by atoms with Crippen LogP contribution in [0.1, 0.15) is 21.5 Å². The fourth-order valence-electron chi connectivity index (χ4n) is 2.73. The molecule has 28 heavy (non-hydrogen) atoms. The maximum absolute atomic E-state index is 11.7. The molecule has 1 aromatic heterocycles. The highest BCUT2D eigenvalue weighted by Gasteiger charge is 1.98. The molecular formula is C26H21NO. The lowest BCUT2D eigenvalue weighted by molar-refractivity contribution is 0.104. The number of carbonyl (C=O) groups excluding carboxylic acids is 1. The Kier molecular flexibility index (Phi) is 6.64. The first kappa shape index (κ1) is 19.0. The van der Waals surface area contributed by atoms with Crippen molar-refractivity contribution in [1.82, 2.24) is 4.98 Å². The van der Waals surface area contributed by atoms with Gasteiger partial charge >= 0.3 is 0 Å². The predicted molar refractivity (Wildman–Crippen MR) is 118 cm³/mol. The van der Waals surface area contributed by atoms with E-state index in [1.54, 1.807) is 12.3 Å². The fourth-order valence-corrected chi connectivity index (χ4v) is 2.73. The molecule has 136 valence electrons. The van der Waals surface area contributed by atoms with Gasteiger partial charge in [-0.3, -0.25) is 9.78 Å². The van der Waals surface area contributed by atoms with Gasteiger partial charge in [-0.2, -0.15) is 0 Å². The molecule has 0 fully saturated rings. The van der Waals surface area contributed by atoms with Crippen molar-refractivity contribution >= 4 is 28.8 Å². The molecule has 2 heteroatoms. The number of nitrogens with zero attached hydrogens (tertiary/aromatic N) is 1. The van der Waals surface area contributed by atoms with Gasteiger partial charge in [0.25, 0.3) is 0 Å². The van der Waals surface area contributed by atoms with Crippen molar-refractivity contribution in [3.05, 3.63) is 127 Å². The zero-order valence-electron chi connectivity index (χ0n) is 15.5. The maximum Gasteiger partial charge on any atom is 0.185 e. The third-order valence-electron chi connectivity index (χ3n) is 4.19. The van der Waals surface area contributed by atoms with Gasteiger partial charge in [0.1, 0.15) is 0 Å². The van der Waals surface area contributed by atoms with Crippen LogP contribution in [0, 0.1) is 0 Å². The molecule has 0 radical (unpaired) electrons. The number of fused-ring (bicyclic) bond motifs is 1. The molecular weight excluding hydrogens is 342 g/mol. The Hall–Kier alpha value is -3.78. The second-order valence-corrected chi connectivity index (χ2v) is 6.10. The number of benzene rings is 3. The van der Waals surface area contributed by atoms with Crippen molar-refractivity contribution in [1.29, 1.82) is 0 Å². The van der Waals surface area contributed by atoms with Gasteiger partial charge in [-0.15, -0.1) is 0 Å². The molecule has 0 N–H and O–H groups in total. The van der Waals surface area contributed by atoms with E-state index >= 15 is 0 Å². The summed E-state index contributed by atoms with van der Waals surface area (Å²) in [6.45, 7) is 3.75. The van der Waals surface area contributed by atoms with Crippen LogP contribution in [0.5, 0.6) is 0 Å². The minimum atomic E-state index is 0.0319. The molecule has 1 heterocycles. The van der Waals surface area contributed by atoms with E-state index in [0.29, 0.717) is 0 Å². The first-order valence-corrected chi connectivity index (χ1v) is 9.06. The highest BCUT2D eigenvalue weighted by atomic mass is 16.1. The molecule has 4 rings (SSSR count). The summed E-state index contributed by atoms with van der Waals surface area (Å²) in [5.74, 6) is 0.0319. The van der Waals surface area contributed by atoms with E-state index in [0.717, 1.165) is 27.6 Å². The molecule has 2 nitrogen and oxygen atoms in total. The highest BCUT2D eigenvalue weighted by Crippen LogP contribution is 2.16. The Morgan fingerprint density at radius 1 is 0.786 bits per heavy atom. The van der Waals surface area contributed by atoms with Crippen LogP contribution < -0.4 is 0 Å². The number of aromatic nitrogens is 1. The van der Waals surface area contributed by atoms with Gasteiger partial charge in [0.2, 0.25) is 0 Å². The summed E-state index contributed by atoms with van der Waals surface area (Å²) < 4.78 is 0. The normalized spacial score (nSPS) is 10.3. The smallest absolute Gasteiger partial charge is 0.185 e. The van der Waals surface area contributed by atoms with Crippen LogP contribution in [-0.2, 0) is 0 Å². The lowest BCUT2D eigenvalue weighted by Crippen LogP contribution is -1.92. The molecule has 0 saturated carbocycles. The number of para-hydroxylation sites is 1. The Labute approximate surface area is 165 Å². The van der Waals surface area contributed by atoms with E-state index in [4.69, 9.17) is 0 Å². The van der Waals surface area contributed by atoms with Crippen molar-refractivity contribution in [2.24, 2.45) is 0 Å². The molecule has 3 aromatic carbocycles. The Morgan fingerprint density at radius 2 is 1.43 bits per heavy atom. The van der Waals surface area contributed by atoms with Gasteiger partial charge in [-0.1, -0.05) is 97.6 Å². The molecule has 0 aliphatic rings. The largest absolute Gasteiger partial charge is 0.289 e. The molecule has 0 bridgehead atoms. The first-order chi connectivity index (χ1) is 13.8. The van der Waals surface area contributed by atoms with Crippen LogP contribution in [0.2, 0.25) is 0 Å². The summed E-state index contributed by atoms with van der Waals surface area (Å²) in [7, 11) is 0. The second kappa shape index (κ2) is 9.79. The van der Waals surface area contributed by atoms with Gasteiger partial charge < -0.3 is 0 Å². The molecule has 0 amide bonds. The third-order valence-corrected chi connectivity index (χ3v) is 4.19. The first-order valence-electron chi connectivity index (χ1n) is 9.06. The number of rotatable bonds is 4. The van der Waals surface area contributed by atoms with Crippen molar-refractivity contribution < 1.29 is 4.79 Å². The zero-order valence-corrected chi connectivity index (χ0v) is 15.5. The van der Waals surface area contributed by atoms with E-state index in [9.17, 15) is 4.79 Å². The van der Waals surface area contributed by atoms with Gasteiger partial charge in [0, 0.05) is 17.1 Å². The van der Waals surface area contributed by atoms with Gasteiger partial charge in [0.15, 0.2) is 5.78 Å². The lowest BCUT2D eigenvalue weighted by atomic mass is 10.1. The number of hydrogen-bond acceptors (Lipinski definition) is 2. The number of allylic oxidation sites excluding steroid dienone is 1. The molecule has 0 aliphatic carbocycles. The molecule has 0 saturated heterocycles. The Morgan fingerprint density at radius 3 is 2.14 bits per heavy atom. The standard InChI is InChI=1S/C15H12O.C11H9N/c16-15(14-9-5-2-6-10-14)12-11-13-7-3-1-4-8-13;1-2-9-7-8-12-11-6-4-3-5-10(9)11/h1-12H;2-8H,1H2. The van der Waals surface area contributed by atoms with Gasteiger partial charge in [-0.05, 0) is 29.3 Å². The van der Waals surface area contributed by atoms with Crippen molar-refractivity contribution in [3.63, 3.8) is 0 Å². The number of ketones is 1. The van der Waals surface area contributed by atoms with E-state index in [-0.39, 0.29) is 5.78 Å². The minimum absolute atomic E-state index is 0.0319. The number of pyridine rings is 1. The van der Waals surface area contributed by atoms with E-state index in [1.165, 1.54) is 0 Å². The molecule has 4 aromatic rings. The monoisotopic (exact) mass is 363 g/mol. The van der Waals surface area contributed by atoms with E-state index in [2.05, 4.69) is 17.6 Å². The van der Waals surface area contributed by atoms with Gasteiger partial charge in [-0.25, -0.2) is 0 Å². The Balaban J connectivity index is 0.000000167. The second-order valence-electron chi connectivity index (χ2n) is 6.10. The van der Waals surface area contributed by atoms with Crippen LogP contribution in [0.4, 0.5) is 0 Å². The summed E-state index contributed by atoms with van der Waals surface area (Å²) in [5.41, 5.74) is 3.91. The molecule has 0 atom stereocenters. The van der Waals surface area contributed by atoms with Crippen LogP contribution in [0.3, 0.4) is 0 Å². The molecule has 0 aliphatic heterocycles. The average Bonchev–Trinajstić information content (AvgIpc) is 2.79. The van der Waals surface area contributed by atoms with Crippen LogP contribution in [0.15, 0.2) is 110 Å². The topological polar surface area (TPSA) is 30.0 Å². The quantitative estimate of drug-likeness (QED) is 0.308. The predicted octanol–water partition coefficient (Wildman–Crippen LogP) is 6.46.